The molecular weight excluding hydrogens is 246 g/mol. The third-order valence-corrected chi connectivity index (χ3v) is 3.07. The van der Waals surface area contributed by atoms with Gasteiger partial charge in [0.1, 0.15) is 11.6 Å². The molecule has 0 atom stereocenters. The van der Waals surface area contributed by atoms with Crippen molar-refractivity contribution in [2.24, 2.45) is 0 Å². The lowest BCUT2D eigenvalue weighted by atomic mass is 9.95. The smallest absolute Gasteiger partial charge is 0.136 e. The molecule has 0 bridgehead atoms. The van der Waals surface area contributed by atoms with Gasteiger partial charge in [0.15, 0.2) is 0 Å². The number of rotatable bonds is 3. The maximum Gasteiger partial charge on any atom is 0.136 e. The molecule has 0 aliphatic heterocycles. The summed E-state index contributed by atoms with van der Waals surface area (Å²) in [6, 6.07) is 10.4. The topological polar surface area (TPSA) is 37.8 Å². The summed E-state index contributed by atoms with van der Waals surface area (Å²) < 4.78 is 0. The van der Waals surface area contributed by atoms with E-state index >= 15 is 0 Å². The van der Waals surface area contributed by atoms with Crippen LogP contribution in [-0.2, 0) is 5.41 Å². The van der Waals surface area contributed by atoms with Crippen molar-refractivity contribution in [1.82, 2.24) is 9.97 Å². The molecule has 20 heavy (non-hydrogen) atoms. The molecule has 0 aliphatic rings. The summed E-state index contributed by atoms with van der Waals surface area (Å²) in [4.78, 5) is 9.37. The average molecular weight is 269 g/mol. The van der Waals surface area contributed by atoms with Crippen molar-refractivity contribution in [2.75, 3.05) is 11.9 Å². The fraction of sp³-hybridized carbons (Fsp3) is 0.412. The summed E-state index contributed by atoms with van der Waals surface area (Å²) in [6.45, 7) is 11.4. The standard InChI is InChI=1S/C17H23N3/c1-6-18-15-11-14(13-9-7-8-12(2)10-13)19-16(20-15)17(3,4)5/h7-11H,6H2,1-5H3,(H,18,19,20). The Labute approximate surface area is 121 Å². The van der Waals surface area contributed by atoms with Gasteiger partial charge in [0.05, 0.1) is 5.69 Å². The van der Waals surface area contributed by atoms with E-state index in [4.69, 9.17) is 4.98 Å². The molecule has 106 valence electrons. The molecule has 0 aliphatic carbocycles. The Morgan fingerprint density at radius 2 is 1.85 bits per heavy atom. The van der Waals surface area contributed by atoms with Gasteiger partial charge in [-0.3, -0.25) is 0 Å². The van der Waals surface area contributed by atoms with Crippen molar-refractivity contribution >= 4 is 5.82 Å². The largest absolute Gasteiger partial charge is 0.370 e. The first-order valence-corrected chi connectivity index (χ1v) is 7.10. The highest BCUT2D eigenvalue weighted by molar-refractivity contribution is 5.63. The van der Waals surface area contributed by atoms with E-state index in [0.717, 1.165) is 29.4 Å². The van der Waals surface area contributed by atoms with Crippen LogP contribution in [0.2, 0.25) is 0 Å². The molecule has 0 saturated carbocycles. The quantitative estimate of drug-likeness (QED) is 0.908. The van der Waals surface area contributed by atoms with E-state index in [-0.39, 0.29) is 5.41 Å². The van der Waals surface area contributed by atoms with E-state index in [1.54, 1.807) is 0 Å². The van der Waals surface area contributed by atoms with Crippen molar-refractivity contribution in [3.8, 4) is 11.3 Å². The minimum Gasteiger partial charge on any atom is -0.370 e. The van der Waals surface area contributed by atoms with Crippen LogP contribution in [0.5, 0.6) is 0 Å². The van der Waals surface area contributed by atoms with Gasteiger partial charge in [-0.25, -0.2) is 9.97 Å². The van der Waals surface area contributed by atoms with Crippen molar-refractivity contribution in [3.05, 3.63) is 41.7 Å². The number of hydrogen-bond acceptors (Lipinski definition) is 3. The fourth-order valence-corrected chi connectivity index (χ4v) is 2.01. The Balaban J connectivity index is 2.54. The lowest BCUT2D eigenvalue weighted by Gasteiger charge is -2.19. The second-order valence-corrected chi connectivity index (χ2v) is 6.11. The second kappa shape index (κ2) is 5.61. The zero-order valence-corrected chi connectivity index (χ0v) is 13.0. The Bertz CT molecular complexity index is 597. The van der Waals surface area contributed by atoms with Crippen LogP contribution in [0.3, 0.4) is 0 Å². The van der Waals surface area contributed by atoms with Gasteiger partial charge in [-0.05, 0) is 19.9 Å². The molecule has 0 unspecified atom stereocenters. The van der Waals surface area contributed by atoms with Crippen LogP contribution in [0, 0.1) is 6.92 Å². The molecule has 3 nitrogen and oxygen atoms in total. The van der Waals surface area contributed by atoms with Crippen LogP contribution in [-0.4, -0.2) is 16.5 Å². The molecule has 0 fully saturated rings. The van der Waals surface area contributed by atoms with Gasteiger partial charge in [-0.15, -0.1) is 0 Å². The molecule has 0 radical (unpaired) electrons. The molecule has 0 saturated heterocycles. The molecule has 0 amide bonds. The third kappa shape index (κ3) is 3.35. The minimum atomic E-state index is -0.0655. The predicted octanol–water partition coefficient (Wildman–Crippen LogP) is 4.18. The Kier molecular flexibility index (Phi) is 4.07. The SMILES string of the molecule is CCNc1cc(-c2cccc(C)c2)nc(C(C)(C)C)n1. The van der Waals surface area contributed by atoms with Crippen LogP contribution in [0.25, 0.3) is 11.3 Å². The summed E-state index contributed by atoms with van der Waals surface area (Å²) in [5.74, 6) is 1.76. The number of aromatic nitrogens is 2. The molecule has 0 spiro atoms. The highest BCUT2D eigenvalue weighted by Crippen LogP contribution is 2.25. The highest BCUT2D eigenvalue weighted by Gasteiger charge is 2.19. The molecule has 1 aromatic heterocycles. The molecule has 1 N–H and O–H groups in total. The van der Waals surface area contributed by atoms with E-state index in [9.17, 15) is 0 Å². The first-order valence-electron chi connectivity index (χ1n) is 7.10. The summed E-state index contributed by atoms with van der Waals surface area (Å²) in [5.41, 5.74) is 3.29. The molecule has 1 aromatic carbocycles. The molecule has 3 heteroatoms. The van der Waals surface area contributed by atoms with Gasteiger partial charge in [0.25, 0.3) is 0 Å². The van der Waals surface area contributed by atoms with Crippen molar-refractivity contribution in [1.29, 1.82) is 0 Å². The van der Waals surface area contributed by atoms with E-state index in [0.29, 0.717) is 0 Å². The van der Waals surface area contributed by atoms with Gasteiger partial charge >= 0.3 is 0 Å². The van der Waals surface area contributed by atoms with Gasteiger partial charge in [0.2, 0.25) is 0 Å². The van der Waals surface area contributed by atoms with Crippen LogP contribution in [0.4, 0.5) is 5.82 Å². The van der Waals surface area contributed by atoms with E-state index in [1.807, 2.05) is 6.07 Å². The Morgan fingerprint density at radius 1 is 1.10 bits per heavy atom. The summed E-state index contributed by atoms with van der Waals surface area (Å²) in [7, 11) is 0. The van der Waals surface area contributed by atoms with Gasteiger partial charge in [0, 0.05) is 23.6 Å². The number of hydrogen-bond donors (Lipinski definition) is 1. The number of nitrogens with zero attached hydrogens (tertiary/aromatic N) is 2. The molecular formula is C17H23N3. The van der Waals surface area contributed by atoms with Gasteiger partial charge in [-0.1, -0.05) is 44.5 Å². The molecule has 2 rings (SSSR count). The highest BCUT2D eigenvalue weighted by atomic mass is 15.0. The fourth-order valence-electron chi connectivity index (χ4n) is 2.01. The third-order valence-electron chi connectivity index (χ3n) is 3.07. The zero-order chi connectivity index (χ0) is 14.8. The average Bonchev–Trinajstić information content (AvgIpc) is 2.38. The molecule has 1 heterocycles. The first kappa shape index (κ1) is 14.5. The van der Waals surface area contributed by atoms with Gasteiger partial charge < -0.3 is 5.32 Å². The Hall–Kier alpha value is -1.90. The molecule has 2 aromatic rings. The second-order valence-electron chi connectivity index (χ2n) is 6.11. The van der Waals surface area contributed by atoms with E-state index in [2.05, 4.69) is 69.2 Å². The summed E-state index contributed by atoms with van der Waals surface area (Å²) >= 11 is 0. The van der Waals surface area contributed by atoms with Crippen molar-refractivity contribution in [3.63, 3.8) is 0 Å². The van der Waals surface area contributed by atoms with Crippen LogP contribution in [0.1, 0.15) is 39.1 Å². The predicted molar refractivity (Wildman–Crippen MR) is 85.1 cm³/mol. The van der Waals surface area contributed by atoms with E-state index < -0.39 is 0 Å². The monoisotopic (exact) mass is 269 g/mol. The number of aryl methyl sites for hydroxylation is 1. The van der Waals surface area contributed by atoms with Crippen LogP contribution in [0.15, 0.2) is 30.3 Å². The first-order chi connectivity index (χ1) is 9.40. The van der Waals surface area contributed by atoms with Gasteiger partial charge in [-0.2, -0.15) is 0 Å². The van der Waals surface area contributed by atoms with Crippen LogP contribution < -0.4 is 5.32 Å². The summed E-state index contributed by atoms with van der Waals surface area (Å²) in [6.07, 6.45) is 0. The maximum atomic E-state index is 4.75. The van der Waals surface area contributed by atoms with E-state index in [1.165, 1.54) is 5.56 Å². The number of anilines is 1. The minimum absolute atomic E-state index is 0.0655. The Morgan fingerprint density at radius 3 is 2.45 bits per heavy atom. The number of nitrogens with one attached hydrogen (secondary N) is 1. The maximum absolute atomic E-state index is 4.75. The normalized spacial score (nSPS) is 11.4. The van der Waals surface area contributed by atoms with Crippen molar-refractivity contribution in [2.45, 2.75) is 40.0 Å². The lowest BCUT2D eigenvalue weighted by Crippen LogP contribution is -2.17. The van der Waals surface area contributed by atoms with Crippen molar-refractivity contribution < 1.29 is 0 Å². The number of benzene rings is 1. The summed E-state index contributed by atoms with van der Waals surface area (Å²) in [5, 5.41) is 3.29. The lowest BCUT2D eigenvalue weighted by molar-refractivity contribution is 0.546. The zero-order valence-electron chi connectivity index (χ0n) is 13.0. The van der Waals surface area contributed by atoms with Crippen LogP contribution >= 0.6 is 0 Å².